The van der Waals surface area contributed by atoms with E-state index in [-0.39, 0.29) is 29.0 Å². The average molecular weight is 423 g/mol. The summed E-state index contributed by atoms with van der Waals surface area (Å²) in [6.07, 6.45) is -4.81. The number of nitrogens with zero attached hydrogens (tertiary/aromatic N) is 3. The van der Waals surface area contributed by atoms with Crippen molar-refractivity contribution in [3.05, 3.63) is 22.7 Å². The van der Waals surface area contributed by atoms with Gasteiger partial charge < -0.3 is 5.11 Å². The predicted octanol–water partition coefficient (Wildman–Crippen LogP) is 3.61. The molecular formula is C8H6F3IN3O2PS. The second-order valence-electron chi connectivity index (χ2n) is 2.97. The highest BCUT2D eigenvalue weighted by Crippen LogP contribution is 2.36. The third-order valence-corrected chi connectivity index (χ3v) is 4.43. The molecule has 0 aliphatic heterocycles. The number of carbonyl (C=O) groups is 1. The van der Waals surface area contributed by atoms with Gasteiger partial charge in [0, 0.05) is 5.38 Å². The van der Waals surface area contributed by atoms with Gasteiger partial charge in [0.15, 0.2) is 5.69 Å². The fourth-order valence-electron chi connectivity index (χ4n) is 0.861. The van der Waals surface area contributed by atoms with Gasteiger partial charge in [-0.15, -0.1) is 11.3 Å². The lowest BCUT2D eigenvalue weighted by atomic mass is 10.5. The lowest BCUT2D eigenvalue weighted by molar-refractivity contribution is -0.0541. The maximum absolute atomic E-state index is 12.0. The van der Waals surface area contributed by atoms with Gasteiger partial charge in [-0.2, -0.15) is 18.3 Å². The zero-order chi connectivity index (χ0) is 14.6. The Hall–Kier alpha value is -0.740. The molecule has 0 aromatic carbocycles. The highest BCUT2D eigenvalue weighted by atomic mass is 127. The topological polar surface area (TPSA) is 65.8 Å². The molecule has 19 heavy (non-hydrogen) atoms. The fourth-order valence-corrected chi connectivity index (χ4v) is 3.25. The van der Waals surface area contributed by atoms with E-state index in [9.17, 15) is 18.0 Å². The quantitative estimate of drug-likeness (QED) is 0.340. The first kappa shape index (κ1) is 16.3. The molecule has 0 saturated carbocycles. The van der Waals surface area contributed by atoms with Crippen molar-refractivity contribution in [2.45, 2.75) is 6.18 Å². The second-order valence-corrected chi connectivity index (χ2v) is 5.87. The van der Waals surface area contributed by atoms with E-state index in [0.717, 1.165) is 16.1 Å². The van der Waals surface area contributed by atoms with Crippen molar-refractivity contribution in [2.75, 3.05) is 0 Å². The Balaban J connectivity index is 2.89. The third-order valence-electron chi connectivity index (χ3n) is 1.63. The first-order valence-corrected chi connectivity index (χ1v) is 9.35. The SMILES string of the molecule is C=C(c1nc(C(=O)O)cs1)N(/N=C/C(F)(F)F)PI. The van der Waals surface area contributed by atoms with E-state index in [1.165, 1.54) is 5.38 Å². The summed E-state index contributed by atoms with van der Waals surface area (Å²) in [7, 11) is 0. The Kier molecular flexibility index (Phi) is 5.68. The molecule has 0 fully saturated rings. The standard InChI is InChI=1S/C8H6F3IN3O2PS/c1-4(6-14-5(2-19-6)7(16)17)15(18-12)13-3-8(9,10)11/h2-3,18H,1H2,(H,16,17)/b13-3+. The number of hydrazone groups is 1. The number of carboxylic acids is 1. The van der Waals surface area contributed by atoms with Crippen LogP contribution in [0.1, 0.15) is 15.5 Å². The smallest absolute Gasteiger partial charge is 0.428 e. The molecule has 0 spiro atoms. The molecule has 1 atom stereocenters. The molecule has 0 saturated heterocycles. The predicted molar refractivity (Wildman–Crippen MR) is 76.8 cm³/mol. The van der Waals surface area contributed by atoms with Crippen LogP contribution in [0, 0.1) is 0 Å². The normalized spacial score (nSPS) is 12.4. The molecule has 1 heterocycles. The van der Waals surface area contributed by atoms with Crippen LogP contribution >= 0.6 is 39.8 Å². The van der Waals surface area contributed by atoms with Gasteiger partial charge in [-0.3, -0.25) is 0 Å². The molecule has 1 unspecified atom stereocenters. The highest BCUT2D eigenvalue weighted by molar-refractivity contribution is 14.2. The molecule has 0 amide bonds. The van der Waals surface area contributed by atoms with Crippen LogP contribution in [0.2, 0.25) is 0 Å². The van der Waals surface area contributed by atoms with Crippen molar-refractivity contribution in [3.63, 3.8) is 0 Å². The molecule has 1 aromatic heterocycles. The molecule has 0 aliphatic rings. The largest absolute Gasteiger partial charge is 0.476 e. The minimum Gasteiger partial charge on any atom is -0.476 e. The van der Waals surface area contributed by atoms with Crippen LogP contribution in [0.15, 0.2) is 17.1 Å². The van der Waals surface area contributed by atoms with Crippen molar-refractivity contribution in [3.8, 4) is 0 Å². The van der Waals surface area contributed by atoms with Crippen molar-refractivity contribution in [2.24, 2.45) is 5.10 Å². The number of aromatic carboxylic acids is 1. The van der Waals surface area contributed by atoms with E-state index in [4.69, 9.17) is 5.11 Å². The summed E-state index contributed by atoms with van der Waals surface area (Å²) < 4.78 is 37.1. The summed E-state index contributed by atoms with van der Waals surface area (Å²) in [5, 5.41) is 13.5. The number of halogens is 4. The van der Waals surface area contributed by atoms with Crippen molar-refractivity contribution in [1.82, 2.24) is 9.76 Å². The second kappa shape index (κ2) is 6.62. The Morgan fingerprint density at radius 1 is 1.68 bits per heavy atom. The number of carboxylic acid groups (broad SMARTS) is 1. The number of aromatic nitrogens is 1. The van der Waals surface area contributed by atoms with Crippen molar-refractivity contribution in [1.29, 1.82) is 0 Å². The van der Waals surface area contributed by atoms with Gasteiger partial charge in [0.1, 0.15) is 11.2 Å². The first-order chi connectivity index (χ1) is 8.74. The molecule has 0 aliphatic carbocycles. The zero-order valence-corrected chi connectivity index (χ0v) is 13.0. The molecule has 5 nitrogen and oxygen atoms in total. The fraction of sp³-hybridized carbons (Fsp3) is 0.125. The lowest BCUT2D eigenvalue weighted by Crippen LogP contribution is -2.12. The van der Waals surface area contributed by atoms with Gasteiger partial charge in [0.05, 0.1) is 12.1 Å². The maximum Gasteiger partial charge on any atom is 0.428 e. The third kappa shape index (κ3) is 5.03. The van der Waals surface area contributed by atoms with Gasteiger partial charge in [-0.25, -0.2) is 14.6 Å². The van der Waals surface area contributed by atoms with E-state index < -0.39 is 12.1 Å². The monoisotopic (exact) mass is 423 g/mol. The zero-order valence-electron chi connectivity index (χ0n) is 8.98. The number of thiazole rings is 1. The van der Waals surface area contributed by atoms with Gasteiger partial charge >= 0.3 is 12.1 Å². The van der Waals surface area contributed by atoms with Gasteiger partial charge in [-0.05, 0) is 22.0 Å². The molecule has 0 radical (unpaired) electrons. The van der Waals surface area contributed by atoms with Crippen LogP contribution in [0.3, 0.4) is 0 Å². The summed E-state index contributed by atoms with van der Waals surface area (Å²) in [6.45, 7) is 3.57. The minimum atomic E-state index is -4.52. The number of alkyl halides is 3. The van der Waals surface area contributed by atoms with Gasteiger partial charge in [0.2, 0.25) is 0 Å². The van der Waals surface area contributed by atoms with E-state index in [2.05, 4.69) is 16.7 Å². The Bertz CT molecular complexity index is 520. The number of hydrogen-bond acceptors (Lipinski definition) is 5. The van der Waals surface area contributed by atoms with Gasteiger partial charge in [0.25, 0.3) is 0 Å². The van der Waals surface area contributed by atoms with E-state index in [1.54, 1.807) is 0 Å². The minimum absolute atomic E-state index is 0.116. The summed E-state index contributed by atoms with van der Waals surface area (Å²) >= 11 is 2.81. The maximum atomic E-state index is 12.0. The number of hydrogen-bond donors (Lipinski definition) is 1. The molecule has 1 aromatic rings. The van der Waals surface area contributed by atoms with Crippen LogP contribution in [0.5, 0.6) is 0 Å². The molecule has 0 bridgehead atoms. The first-order valence-electron chi connectivity index (χ1n) is 4.41. The highest BCUT2D eigenvalue weighted by Gasteiger charge is 2.25. The summed E-state index contributed by atoms with van der Waals surface area (Å²) in [6, 6.07) is 0. The number of rotatable bonds is 5. The van der Waals surface area contributed by atoms with Crippen LogP contribution in [-0.2, 0) is 0 Å². The molecular weight excluding hydrogens is 417 g/mol. The summed E-state index contributed by atoms with van der Waals surface area (Å²) in [5.74, 6) is -1.21. The Labute approximate surface area is 124 Å². The van der Waals surface area contributed by atoms with Crippen LogP contribution in [-0.4, -0.2) is 33.2 Å². The van der Waals surface area contributed by atoms with Crippen LogP contribution in [0.4, 0.5) is 13.2 Å². The summed E-state index contributed by atoms with van der Waals surface area (Å²) in [5.41, 5.74) is -0.0663. The van der Waals surface area contributed by atoms with E-state index >= 15 is 0 Å². The molecule has 1 N–H and O–H groups in total. The lowest BCUT2D eigenvalue weighted by Gasteiger charge is -2.16. The van der Waals surface area contributed by atoms with E-state index in [1.807, 2.05) is 22.0 Å². The average Bonchev–Trinajstić information content (AvgIpc) is 2.77. The van der Waals surface area contributed by atoms with Crippen LogP contribution in [0.25, 0.3) is 5.70 Å². The van der Waals surface area contributed by atoms with E-state index in [0.29, 0.717) is 0 Å². The summed E-state index contributed by atoms with van der Waals surface area (Å²) in [4.78, 5) is 14.4. The molecule has 104 valence electrons. The molecule has 1 rings (SSSR count). The van der Waals surface area contributed by atoms with Crippen molar-refractivity contribution >= 4 is 57.6 Å². The van der Waals surface area contributed by atoms with Crippen LogP contribution < -0.4 is 0 Å². The Morgan fingerprint density at radius 3 is 2.74 bits per heavy atom. The molecule has 11 heteroatoms. The van der Waals surface area contributed by atoms with Crippen molar-refractivity contribution < 1.29 is 23.1 Å². The van der Waals surface area contributed by atoms with Gasteiger partial charge in [-0.1, -0.05) is 6.58 Å². The Morgan fingerprint density at radius 2 is 2.32 bits per heavy atom.